The van der Waals surface area contributed by atoms with Crippen molar-refractivity contribution in [2.24, 2.45) is 0 Å². The summed E-state index contributed by atoms with van der Waals surface area (Å²) in [6, 6.07) is 6.68. The SMILES string of the molecule is CNc1ccc(-c2cnc(NC(C)=O)cc2Nc2ccnc(C(C)(F)F)n2)nc1. The predicted molar refractivity (Wildman–Crippen MR) is 106 cm³/mol. The highest BCUT2D eigenvalue weighted by atomic mass is 19.3. The summed E-state index contributed by atoms with van der Waals surface area (Å²) in [5.41, 5.74) is 2.52. The summed E-state index contributed by atoms with van der Waals surface area (Å²) in [7, 11) is 1.78. The Morgan fingerprint density at radius 1 is 1.07 bits per heavy atom. The minimum Gasteiger partial charge on any atom is -0.387 e. The van der Waals surface area contributed by atoms with Crippen LogP contribution in [0.1, 0.15) is 19.7 Å². The molecule has 0 aliphatic carbocycles. The molecule has 0 saturated carbocycles. The Kier molecular flexibility index (Phi) is 5.62. The molecular weight excluding hydrogens is 380 g/mol. The first-order valence-electron chi connectivity index (χ1n) is 8.66. The fraction of sp³-hybridized carbons (Fsp3) is 0.211. The van der Waals surface area contributed by atoms with E-state index in [1.165, 1.54) is 25.4 Å². The predicted octanol–water partition coefficient (Wildman–Crippen LogP) is 3.79. The van der Waals surface area contributed by atoms with Gasteiger partial charge in [0.2, 0.25) is 11.7 Å². The first-order valence-corrected chi connectivity index (χ1v) is 8.66. The number of hydrogen-bond donors (Lipinski definition) is 3. The molecule has 0 aromatic carbocycles. The fourth-order valence-corrected chi connectivity index (χ4v) is 2.49. The first-order chi connectivity index (χ1) is 13.8. The van der Waals surface area contributed by atoms with E-state index in [2.05, 4.69) is 35.9 Å². The molecule has 0 radical (unpaired) electrons. The highest BCUT2D eigenvalue weighted by molar-refractivity contribution is 5.89. The molecule has 3 aromatic rings. The maximum Gasteiger partial charge on any atom is 0.303 e. The van der Waals surface area contributed by atoms with Crippen molar-refractivity contribution in [1.82, 2.24) is 19.9 Å². The summed E-state index contributed by atoms with van der Waals surface area (Å²) < 4.78 is 27.1. The molecule has 10 heteroatoms. The van der Waals surface area contributed by atoms with Crippen LogP contribution < -0.4 is 16.0 Å². The van der Waals surface area contributed by atoms with Gasteiger partial charge in [-0.05, 0) is 18.2 Å². The summed E-state index contributed by atoms with van der Waals surface area (Å²) in [6.07, 6.45) is 4.43. The zero-order valence-corrected chi connectivity index (χ0v) is 16.0. The van der Waals surface area contributed by atoms with Crippen molar-refractivity contribution < 1.29 is 13.6 Å². The second-order valence-corrected chi connectivity index (χ2v) is 6.26. The second kappa shape index (κ2) is 8.13. The number of rotatable bonds is 6. The third-order valence-electron chi connectivity index (χ3n) is 3.85. The van der Waals surface area contributed by atoms with Crippen LogP contribution in [0.2, 0.25) is 0 Å². The number of aromatic nitrogens is 4. The lowest BCUT2D eigenvalue weighted by Gasteiger charge is -2.14. The highest BCUT2D eigenvalue weighted by Gasteiger charge is 2.28. The molecule has 0 aliphatic rings. The zero-order chi connectivity index (χ0) is 21.0. The number of hydrogen-bond acceptors (Lipinski definition) is 7. The summed E-state index contributed by atoms with van der Waals surface area (Å²) in [4.78, 5) is 27.5. The first kappa shape index (κ1) is 20.1. The van der Waals surface area contributed by atoms with Crippen LogP contribution in [0.4, 0.5) is 31.8 Å². The molecule has 0 aliphatic heterocycles. The minimum absolute atomic E-state index is 0.171. The molecular formula is C19H19F2N7O. The van der Waals surface area contributed by atoms with Crippen molar-refractivity contribution in [2.45, 2.75) is 19.8 Å². The Bertz CT molecular complexity index is 1020. The van der Waals surface area contributed by atoms with Crippen molar-refractivity contribution in [3.8, 4) is 11.3 Å². The van der Waals surface area contributed by atoms with Crippen molar-refractivity contribution in [3.05, 3.63) is 48.7 Å². The molecule has 3 rings (SSSR count). The molecule has 3 aromatic heterocycles. The van der Waals surface area contributed by atoms with E-state index in [4.69, 9.17) is 0 Å². The second-order valence-electron chi connectivity index (χ2n) is 6.26. The molecule has 0 atom stereocenters. The topological polar surface area (TPSA) is 105 Å². The lowest BCUT2D eigenvalue weighted by atomic mass is 10.1. The van der Waals surface area contributed by atoms with Gasteiger partial charge in [0.1, 0.15) is 11.6 Å². The quantitative estimate of drug-likeness (QED) is 0.579. The summed E-state index contributed by atoms with van der Waals surface area (Å²) in [5, 5.41) is 8.57. The minimum atomic E-state index is -3.18. The lowest BCUT2D eigenvalue weighted by molar-refractivity contribution is -0.114. The van der Waals surface area contributed by atoms with Gasteiger partial charge < -0.3 is 16.0 Å². The number of carbonyl (C=O) groups is 1. The van der Waals surface area contributed by atoms with Gasteiger partial charge in [-0.3, -0.25) is 9.78 Å². The number of nitrogens with zero attached hydrogens (tertiary/aromatic N) is 4. The van der Waals surface area contributed by atoms with Crippen LogP contribution in [-0.4, -0.2) is 32.9 Å². The number of anilines is 4. The van der Waals surface area contributed by atoms with Crippen molar-refractivity contribution in [2.75, 3.05) is 23.0 Å². The van der Waals surface area contributed by atoms with Crippen molar-refractivity contribution in [1.29, 1.82) is 0 Å². The number of alkyl halides is 2. The smallest absolute Gasteiger partial charge is 0.303 e. The number of pyridine rings is 2. The fourth-order valence-electron chi connectivity index (χ4n) is 2.49. The third-order valence-corrected chi connectivity index (χ3v) is 3.85. The normalized spacial score (nSPS) is 11.1. The average Bonchev–Trinajstić information content (AvgIpc) is 2.67. The Labute approximate surface area is 165 Å². The van der Waals surface area contributed by atoms with Gasteiger partial charge in [-0.2, -0.15) is 8.78 Å². The van der Waals surface area contributed by atoms with E-state index in [1.807, 2.05) is 6.07 Å². The molecule has 1 amide bonds. The molecule has 0 bridgehead atoms. The number of carbonyl (C=O) groups excluding carboxylic acids is 1. The molecule has 0 fully saturated rings. The average molecular weight is 399 g/mol. The van der Waals surface area contributed by atoms with Gasteiger partial charge >= 0.3 is 5.92 Å². The van der Waals surface area contributed by atoms with Crippen LogP contribution >= 0.6 is 0 Å². The number of halogens is 2. The monoisotopic (exact) mass is 399 g/mol. The molecule has 0 unspecified atom stereocenters. The molecule has 3 N–H and O–H groups in total. The van der Waals surface area contributed by atoms with Gasteiger partial charge in [0.15, 0.2) is 0 Å². The molecule has 29 heavy (non-hydrogen) atoms. The van der Waals surface area contributed by atoms with Gasteiger partial charge in [-0.1, -0.05) is 0 Å². The van der Waals surface area contributed by atoms with E-state index in [-0.39, 0.29) is 11.7 Å². The van der Waals surface area contributed by atoms with Gasteiger partial charge in [0, 0.05) is 44.9 Å². The summed E-state index contributed by atoms with van der Waals surface area (Å²) in [5.74, 6) is -3.60. The molecule has 150 valence electrons. The van der Waals surface area contributed by atoms with E-state index >= 15 is 0 Å². The van der Waals surface area contributed by atoms with E-state index in [9.17, 15) is 13.6 Å². The van der Waals surface area contributed by atoms with Gasteiger partial charge in [-0.15, -0.1) is 0 Å². The van der Waals surface area contributed by atoms with Crippen LogP contribution in [0.5, 0.6) is 0 Å². The highest BCUT2D eigenvalue weighted by Crippen LogP contribution is 2.31. The molecule has 3 heterocycles. The van der Waals surface area contributed by atoms with Crippen LogP contribution in [0, 0.1) is 0 Å². The number of nitrogens with one attached hydrogen (secondary N) is 3. The van der Waals surface area contributed by atoms with Crippen LogP contribution in [0.3, 0.4) is 0 Å². The standard InChI is InChI=1S/C19H19F2N7O/c1-11(29)26-17-8-15(27-16-6-7-23-18(28-16)19(2,20)21)13(10-25-17)14-5-4-12(22-3)9-24-14/h4-10,22H,1-3H3,(H2,23,25,26,27,28,29). The Morgan fingerprint density at radius 2 is 1.86 bits per heavy atom. The van der Waals surface area contributed by atoms with Crippen LogP contribution in [0.25, 0.3) is 11.3 Å². The van der Waals surface area contributed by atoms with Crippen molar-refractivity contribution in [3.63, 3.8) is 0 Å². The van der Waals surface area contributed by atoms with Gasteiger partial charge in [-0.25, -0.2) is 15.0 Å². The lowest BCUT2D eigenvalue weighted by Crippen LogP contribution is -2.13. The Balaban J connectivity index is 2.03. The largest absolute Gasteiger partial charge is 0.387 e. The summed E-state index contributed by atoms with van der Waals surface area (Å²) >= 11 is 0. The van der Waals surface area contributed by atoms with Gasteiger partial charge in [0.05, 0.1) is 23.3 Å². The maximum absolute atomic E-state index is 13.6. The summed E-state index contributed by atoms with van der Waals surface area (Å²) in [6.45, 7) is 2.09. The Hall–Kier alpha value is -3.69. The molecule has 0 saturated heterocycles. The Morgan fingerprint density at radius 3 is 2.48 bits per heavy atom. The van der Waals surface area contributed by atoms with Crippen LogP contribution in [0.15, 0.2) is 42.9 Å². The molecule has 0 spiro atoms. The third kappa shape index (κ3) is 4.98. The maximum atomic E-state index is 13.6. The van der Waals surface area contributed by atoms with Gasteiger partial charge in [0.25, 0.3) is 0 Å². The van der Waals surface area contributed by atoms with E-state index in [0.717, 1.165) is 12.6 Å². The zero-order valence-electron chi connectivity index (χ0n) is 16.0. The van der Waals surface area contributed by atoms with Crippen LogP contribution in [-0.2, 0) is 10.7 Å². The number of amides is 1. The van der Waals surface area contributed by atoms with E-state index in [1.54, 1.807) is 25.4 Å². The van der Waals surface area contributed by atoms with E-state index in [0.29, 0.717) is 22.8 Å². The van der Waals surface area contributed by atoms with E-state index < -0.39 is 11.7 Å². The van der Waals surface area contributed by atoms with Crippen molar-refractivity contribution >= 4 is 28.9 Å². The molecule has 8 nitrogen and oxygen atoms in total.